The number of non-ortho nitro benzene ring substituents is 2. The first-order valence-corrected chi connectivity index (χ1v) is 10.2. The molecule has 3 rings (SSSR count). The minimum Gasteiger partial charge on any atom is -0.458 e. The van der Waals surface area contributed by atoms with Gasteiger partial charge in [0.1, 0.15) is 6.10 Å². The van der Waals surface area contributed by atoms with E-state index in [-0.39, 0.29) is 17.6 Å². The fourth-order valence-corrected chi connectivity index (χ4v) is 4.76. The first-order valence-electron chi connectivity index (χ1n) is 9.18. The molecular weight excluding hydrogens is 396 g/mol. The zero-order valence-corrected chi connectivity index (χ0v) is 16.5. The maximum atomic E-state index is 12.6. The van der Waals surface area contributed by atoms with Crippen LogP contribution >= 0.6 is 11.8 Å². The molecule has 1 aliphatic rings. The van der Waals surface area contributed by atoms with Gasteiger partial charge in [0.15, 0.2) is 0 Å². The average molecular weight is 416 g/mol. The molecule has 0 aromatic heterocycles. The number of nitrogens with zero attached hydrogens (tertiary/aromatic N) is 2. The summed E-state index contributed by atoms with van der Waals surface area (Å²) in [5.41, 5.74) is -1.20. The Morgan fingerprint density at radius 2 is 1.69 bits per heavy atom. The lowest BCUT2D eigenvalue weighted by atomic mass is 9.99. The summed E-state index contributed by atoms with van der Waals surface area (Å²) in [7, 11) is 0. The third kappa shape index (κ3) is 5.11. The number of thioether (sulfide) groups is 1. The Bertz CT molecular complexity index is 888. The van der Waals surface area contributed by atoms with Gasteiger partial charge in [-0.15, -0.1) is 11.8 Å². The van der Waals surface area contributed by atoms with Gasteiger partial charge in [-0.25, -0.2) is 4.79 Å². The predicted octanol–water partition coefficient (Wildman–Crippen LogP) is 4.87. The summed E-state index contributed by atoms with van der Waals surface area (Å²) in [5.74, 6) is 0.505. The molecule has 9 heteroatoms. The number of nitro groups is 2. The molecule has 2 aromatic rings. The molecule has 0 heterocycles. The summed E-state index contributed by atoms with van der Waals surface area (Å²) in [4.78, 5) is 34.3. The van der Waals surface area contributed by atoms with Gasteiger partial charge in [-0.3, -0.25) is 20.2 Å². The SMILES string of the molecule is C[C@H]1CC[C@@H](OC(=O)c2cc([N+](=O)[O-])cc([N+](=O)[O-])c2)[C@@H]1CSc1ccccc1. The summed E-state index contributed by atoms with van der Waals surface area (Å²) in [5, 5.41) is 22.1. The molecule has 0 radical (unpaired) electrons. The zero-order chi connectivity index (χ0) is 21.0. The van der Waals surface area contributed by atoms with Crippen molar-refractivity contribution in [2.24, 2.45) is 11.8 Å². The highest BCUT2D eigenvalue weighted by Crippen LogP contribution is 2.38. The Hall–Kier alpha value is -2.94. The second kappa shape index (κ2) is 9.04. The van der Waals surface area contributed by atoms with Gasteiger partial charge in [0, 0.05) is 28.7 Å². The van der Waals surface area contributed by atoms with Gasteiger partial charge in [-0.05, 0) is 30.9 Å². The van der Waals surface area contributed by atoms with Crippen LogP contribution in [0.5, 0.6) is 0 Å². The van der Waals surface area contributed by atoms with E-state index in [0.29, 0.717) is 12.3 Å². The van der Waals surface area contributed by atoms with Crippen molar-refractivity contribution in [2.45, 2.75) is 30.8 Å². The van der Waals surface area contributed by atoms with Crippen LogP contribution in [0.3, 0.4) is 0 Å². The fraction of sp³-hybridized carbons (Fsp3) is 0.350. The van der Waals surface area contributed by atoms with Crippen LogP contribution in [0.4, 0.5) is 11.4 Å². The van der Waals surface area contributed by atoms with Crippen molar-refractivity contribution in [3.63, 3.8) is 0 Å². The minimum absolute atomic E-state index is 0.137. The van der Waals surface area contributed by atoms with E-state index in [0.717, 1.165) is 35.3 Å². The van der Waals surface area contributed by atoms with Crippen molar-refractivity contribution in [1.29, 1.82) is 0 Å². The van der Waals surface area contributed by atoms with Crippen LogP contribution in [0.25, 0.3) is 0 Å². The molecule has 1 saturated carbocycles. The number of hydrogen-bond donors (Lipinski definition) is 0. The third-order valence-corrected chi connectivity index (χ3v) is 6.28. The molecule has 1 aliphatic carbocycles. The van der Waals surface area contributed by atoms with Gasteiger partial charge in [0.05, 0.1) is 21.5 Å². The second-order valence-corrected chi connectivity index (χ2v) is 8.13. The van der Waals surface area contributed by atoms with E-state index in [9.17, 15) is 25.0 Å². The van der Waals surface area contributed by atoms with E-state index in [1.165, 1.54) is 0 Å². The molecule has 3 atom stereocenters. The first-order chi connectivity index (χ1) is 13.8. The maximum Gasteiger partial charge on any atom is 0.338 e. The molecule has 0 spiro atoms. The molecule has 0 amide bonds. The predicted molar refractivity (Wildman–Crippen MR) is 108 cm³/mol. The van der Waals surface area contributed by atoms with Crippen LogP contribution in [0.15, 0.2) is 53.4 Å². The number of rotatable bonds is 7. The Morgan fingerprint density at radius 3 is 2.28 bits per heavy atom. The number of ether oxygens (including phenoxy) is 1. The third-order valence-electron chi connectivity index (χ3n) is 5.12. The number of hydrogen-bond acceptors (Lipinski definition) is 7. The quantitative estimate of drug-likeness (QED) is 0.274. The van der Waals surface area contributed by atoms with Crippen LogP contribution in [0, 0.1) is 32.1 Å². The second-order valence-electron chi connectivity index (χ2n) is 7.04. The lowest BCUT2D eigenvalue weighted by Crippen LogP contribution is -2.26. The van der Waals surface area contributed by atoms with E-state index in [4.69, 9.17) is 4.74 Å². The maximum absolute atomic E-state index is 12.6. The Kier molecular flexibility index (Phi) is 6.48. The number of carbonyl (C=O) groups excluding carboxylic acids is 1. The highest BCUT2D eigenvalue weighted by molar-refractivity contribution is 7.99. The highest BCUT2D eigenvalue weighted by Gasteiger charge is 2.36. The first kappa shape index (κ1) is 20.8. The lowest BCUT2D eigenvalue weighted by Gasteiger charge is -2.22. The van der Waals surface area contributed by atoms with Crippen molar-refractivity contribution >= 4 is 29.1 Å². The molecule has 0 unspecified atom stereocenters. The Morgan fingerprint density at radius 1 is 1.07 bits per heavy atom. The molecule has 0 aliphatic heterocycles. The molecule has 29 heavy (non-hydrogen) atoms. The Balaban J connectivity index is 1.73. The van der Waals surface area contributed by atoms with Crippen molar-refractivity contribution in [3.05, 3.63) is 74.3 Å². The molecule has 0 N–H and O–H groups in total. The van der Waals surface area contributed by atoms with E-state index in [1.54, 1.807) is 11.8 Å². The van der Waals surface area contributed by atoms with Gasteiger partial charge in [0.25, 0.3) is 11.4 Å². The van der Waals surface area contributed by atoms with E-state index >= 15 is 0 Å². The monoisotopic (exact) mass is 416 g/mol. The normalized spacial score (nSPS) is 20.9. The summed E-state index contributed by atoms with van der Waals surface area (Å²) >= 11 is 1.69. The average Bonchev–Trinajstić information content (AvgIpc) is 3.05. The van der Waals surface area contributed by atoms with Crippen molar-refractivity contribution in [1.82, 2.24) is 0 Å². The summed E-state index contributed by atoms with van der Waals surface area (Å²) in [6.45, 7) is 2.11. The molecule has 0 saturated heterocycles. The van der Waals surface area contributed by atoms with Gasteiger partial charge in [0.2, 0.25) is 0 Å². The van der Waals surface area contributed by atoms with Gasteiger partial charge >= 0.3 is 5.97 Å². The largest absolute Gasteiger partial charge is 0.458 e. The zero-order valence-electron chi connectivity index (χ0n) is 15.7. The smallest absolute Gasteiger partial charge is 0.338 e. The number of esters is 1. The van der Waals surface area contributed by atoms with Crippen molar-refractivity contribution in [3.8, 4) is 0 Å². The summed E-state index contributed by atoms with van der Waals surface area (Å²) in [6.07, 6.45) is 1.28. The molecule has 0 bridgehead atoms. The number of nitro benzene ring substituents is 2. The molecule has 8 nitrogen and oxygen atoms in total. The van der Waals surface area contributed by atoms with Crippen LogP contribution in [-0.2, 0) is 4.74 Å². The van der Waals surface area contributed by atoms with Gasteiger partial charge < -0.3 is 4.74 Å². The number of benzene rings is 2. The number of carbonyl (C=O) groups is 1. The summed E-state index contributed by atoms with van der Waals surface area (Å²) in [6, 6.07) is 12.8. The fourth-order valence-electron chi connectivity index (χ4n) is 3.48. The van der Waals surface area contributed by atoms with Crippen LogP contribution < -0.4 is 0 Å². The standard InChI is InChI=1S/C20H20N2O6S/c1-13-7-8-19(18(13)12-29-17-5-3-2-4-6-17)28-20(23)14-9-15(21(24)25)11-16(10-14)22(26)27/h2-6,9-11,13,18-19H,7-8,12H2,1H3/t13-,18+,19+/m0/s1. The van der Waals surface area contributed by atoms with E-state index in [1.807, 2.05) is 30.3 Å². The van der Waals surface area contributed by atoms with Crippen LogP contribution in [0.1, 0.15) is 30.1 Å². The van der Waals surface area contributed by atoms with Gasteiger partial charge in [-0.2, -0.15) is 0 Å². The van der Waals surface area contributed by atoms with Crippen molar-refractivity contribution in [2.75, 3.05) is 5.75 Å². The molecular formula is C20H20N2O6S. The van der Waals surface area contributed by atoms with Crippen molar-refractivity contribution < 1.29 is 19.4 Å². The molecule has 1 fully saturated rings. The van der Waals surface area contributed by atoms with E-state index < -0.39 is 27.2 Å². The Labute approximate surface area is 171 Å². The highest BCUT2D eigenvalue weighted by atomic mass is 32.2. The molecule has 2 aromatic carbocycles. The lowest BCUT2D eigenvalue weighted by molar-refractivity contribution is -0.394. The summed E-state index contributed by atoms with van der Waals surface area (Å²) < 4.78 is 5.64. The van der Waals surface area contributed by atoms with Gasteiger partial charge in [-0.1, -0.05) is 25.1 Å². The minimum atomic E-state index is -0.773. The van der Waals surface area contributed by atoms with Crippen LogP contribution in [0.2, 0.25) is 0 Å². The van der Waals surface area contributed by atoms with Crippen LogP contribution in [-0.4, -0.2) is 27.7 Å². The topological polar surface area (TPSA) is 113 Å². The van der Waals surface area contributed by atoms with E-state index in [2.05, 4.69) is 6.92 Å². The molecule has 152 valence electrons.